The van der Waals surface area contributed by atoms with Gasteiger partial charge in [-0.05, 0) is 66.2 Å². The lowest BCUT2D eigenvalue weighted by atomic mass is 9.94. The van der Waals surface area contributed by atoms with Crippen LogP contribution in [0.3, 0.4) is 0 Å². The average molecular weight is 465 g/mol. The van der Waals surface area contributed by atoms with E-state index in [2.05, 4.69) is 35.9 Å². The summed E-state index contributed by atoms with van der Waals surface area (Å²) in [6, 6.07) is 4.00. The quantitative estimate of drug-likeness (QED) is 0.372. The highest BCUT2D eigenvalue weighted by molar-refractivity contribution is 9.10. The molecule has 4 aromatic rings. The number of aromatic nitrogens is 4. The van der Waals surface area contributed by atoms with Gasteiger partial charge in [0.2, 0.25) is 0 Å². The third-order valence-corrected chi connectivity index (χ3v) is 6.21. The number of carbonyl (C=O) groups excluding carboxylic acids is 2. The molecule has 6 rings (SSSR count). The number of pyridine rings is 2. The van der Waals surface area contributed by atoms with Crippen molar-refractivity contribution in [2.24, 2.45) is 0 Å². The van der Waals surface area contributed by atoms with Gasteiger partial charge in [-0.15, -0.1) is 0 Å². The molecule has 0 bridgehead atoms. The number of nitrogens with one attached hydrogen (secondary N) is 2. The zero-order chi connectivity index (χ0) is 20.8. The van der Waals surface area contributed by atoms with Gasteiger partial charge in [-0.3, -0.25) is 9.59 Å². The van der Waals surface area contributed by atoms with Crippen LogP contribution in [0, 0.1) is 6.92 Å². The van der Waals surface area contributed by atoms with E-state index in [0.717, 1.165) is 80.3 Å². The molecule has 6 nitrogen and oxygen atoms in total. The first kappa shape index (κ1) is 19.2. The summed E-state index contributed by atoms with van der Waals surface area (Å²) in [5.74, 6) is 0.498. The second-order valence-electron chi connectivity index (χ2n) is 7.97. The van der Waals surface area contributed by atoms with E-state index in [1.165, 1.54) is 0 Å². The van der Waals surface area contributed by atoms with Gasteiger partial charge in [0.05, 0.1) is 0 Å². The van der Waals surface area contributed by atoms with Crippen LogP contribution >= 0.6 is 15.9 Å². The summed E-state index contributed by atoms with van der Waals surface area (Å²) in [5, 5.41) is 1.94. The molecule has 0 saturated carbocycles. The normalized spacial score (nSPS) is 15.7. The van der Waals surface area contributed by atoms with Crippen LogP contribution in [0.5, 0.6) is 0 Å². The molecule has 7 heteroatoms. The smallest absolute Gasteiger partial charge is 0.165 e. The first-order valence-electron chi connectivity index (χ1n) is 10.2. The number of aromatic amines is 2. The van der Waals surface area contributed by atoms with E-state index in [-0.39, 0.29) is 11.6 Å². The first-order valence-corrected chi connectivity index (χ1v) is 11.0. The first-order chi connectivity index (χ1) is 14.5. The maximum Gasteiger partial charge on any atom is 0.165 e. The van der Waals surface area contributed by atoms with Gasteiger partial charge in [-0.1, -0.05) is 0 Å². The predicted molar refractivity (Wildman–Crippen MR) is 119 cm³/mol. The van der Waals surface area contributed by atoms with Crippen molar-refractivity contribution in [3.05, 3.63) is 57.1 Å². The standard InChI is InChI=1S/C12H12N2O.C11H9BrN2O/c1-7-5-8-11-9(3-2-4-10(11)15)14-12(8)13-6-7;12-6-4-7-10-8(2-1-3-9(10)15)14-11(7)13-5-6/h5-6H,2-4H2,1H3,(H,13,14);4-5H,1-3H2,(H,13,14). The van der Waals surface area contributed by atoms with Crippen molar-refractivity contribution in [3.8, 4) is 0 Å². The van der Waals surface area contributed by atoms with Crippen LogP contribution < -0.4 is 0 Å². The molecule has 152 valence electrons. The van der Waals surface area contributed by atoms with Crippen molar-refractivity contribution < 1.29 is 9.59 Å². The Morgan fingerprint density at radius 3 is 1.93 bits per heavy atom. The van der Waals surface area contributed by atoms with E-state index in [1.807, 2.05) is 25.3 Å². The number of aryl methyl sites for hydroxylation is 3. The minimum Gasteiger partial charge on any atom is -0.343 e. The van der Waals surface area contributed by atoms with Crippen molar-refractivity contribution in [3.63, 3.8) is 0 Å². The van der Waals surface area contributed by atoms with Crippen LogP contribution in [0.2, 0.25) is 0 Å². The molecule has 0 atom stereocenters. The van der Waals surface area contributed by atoms with Gasteiger partial charge in [0.25, 0.3) is 0 Å². The van der Waals surface area contributed by atoms with Gasteiger partial charge in [0, 0.05) is 63.0 Å². The summed E-state index contributed by atoms with van der Waals surface area (Å²) in [4.78, 5) is 38.7. The number of ketones is 2. The molecule has 0 fully saturated rings. The highest BCUT2D eigenvalue weighted by atomic mass is 79.9. The minimum atomic E-state index is 0.238. The van der Waals surface area contributed by atoms with Gasteiger partial charge in [-0.25, -0.2) is 9.97 Å². The number of fused-ring (bicyclic) bond motifs is 6. The van der Waals surface area contributed by atoms with Crippen molar-refractivity contribution in [1.82, 2.24) is 19.9 Å². The van der Waals surface area contributed by atoms with E-state index >= 15 is 0 Å². The number of hydrogen-bond acceptors (Lipinski definition) is 4. The summed E-state index contributed by atoms with van der Waals surface area (Å²) in [6.07, 6.45) is 8.73. The Morgan fingerprint density at radius 1 is 0.800 bits per heavy atom. The molecule has 0 saturated heterocycles. The van der Waals surface area contributed by atoms with Crippen LogP contribution in [-0.2, 0) is 12.8 Å². The van der Waals surface area contributed by atoms with Crippen molar-refractivity contribution in [2.75, 3.05) is 0 Å². The van der Waals surface area contributed by atoms with Gasteiger partial charge in [0.1, 0.15) is 11.3 Å². The van der Waals surface area contributed by atoms with Crippen LogP contribution in [-0.4, -0.2) is 31.5 Å². The number of halogens is 1. The van der Waals surface area contributed by atoms with Crippen LogP contribution in [0.1, 0.15) is 63.4 Å². The van der Waals surface area contributed by atoms with Crippen LogP contribution in [0.25, 0.3) is 22.1 Å². The van der Waals surface area contributed by atoms with Gasteiger partial charge >= 0.3 is 0 Å². The molecule has 4 aromatic heterocycles. The Bertz CT molecular complexity index is 1220. The monoisotopic (exact) mass is 464 g/mol. The van der Waals surface area contributed by atoms with Crippen molar-refractivity contribution >= 4 is 49.6 Å². The molecule has 4 heterocycles. The Morgan fingerprint density at radius 2 is 1.33 bits per heavy atom. The van der Waals surface area contributed by atoms with Crippen molar-refractivity contribution in [2.45, 2.75) is 45.4 Å². The lowest BCUT2D eigenvalue weighted by molar-refractivity contribution is 0.0966. The molecule has 2 aliphatic rings. The summed E-state index contributed by atoms with van der Waals surface area (Å²) in [7, 11) is 0. The number of H-pyrrole nitrogens is 2. The largest absolute Gasteiger partial charge is 0.343 e. The molecule has 0 unspecified atom stereocenters. The van der Waals surface area contributed by atoms with Crippen LogP contribution in [0.15, 0.2) is 29.0 Å². The number of rotatable bonds is 0. The molecular weight excluding hydrogens is 444 g/mol. The van der Waals surface area contributed by atoms with E-state index in [1.54, 1.807) is 6.20 Å². The molecule has 30 heavy (non-hydrogen) atoms. The Hall–Kier alpha value is -2.80. The fourth-order valence-corrected chi connectivity index (χ4v) is 4.77. The predicted octanol–water partition coefficient (Wildman–Crippen LogP) is 5.23. The summed E-state index contributed by atoms with van der Waals surface area (Å²) in [6.45, 7) is 2.00. The number of carbonyl (C=O) groups is 2. The second-order valence-corrected chi connectivity index (χ2v) is 8.88. The maximum atomic E-state index is 11.8. The van der Waals surface area contributed by atoms with E-state index < -0.39 is 0 Å². The highest BCUT2D eigenvalue weighted by Crippen LogP contribution is 2.30. The second kappa shape index (κ2) is 7.47. The summed E-state index contributed by atoms with van der Waals surface area (Å²) in [5.41, 5.74) is 6.62. The fourth-order valence-electron chi connectivity index (χ4n) is 4.44. The van der Waals surface area contributed by atoms with Gasteiger partial charge < -0.3 is 9.97 Å². The molecule has 2 aliphatic carbocycles. The van der Waals surface area contributed by atoms with E-state index in [9.17, 15) is 9.59 Å². The Labute approximate surface area is 181 Å². The molecule has 0 aromatic carbocycles. The Kier molecular flexibility index (Phi) is 4.77. The van der Waals surface area contributed by atoms with Crippen LogP contribution in [0.4, 0.5) is 0 Å². The average Bonchev–Trinajstić information content (AvgIpc) is 3.27. The third kappa shape index (κ3) is 3.27. The van der Waals surface area contributed by atoms with Crippen molar-refractivity contribution in [1.29, 1.82) is 0 Å². The Balaban J connectivity index is 0.000000128. The molecule has 0 spiro atoms. The van der Waals surface area contributed by atoms with Gasteiger partial charge in [-0.2, -0.15) is 0 Å². The maximum absolute atomic E-state index is 11.8. The number of hydrogen-bond donors (Lipinski definition) is 2. The zero-order valence-corrected chi connectivity index (χ0v) is 18.2. The number of nitrogens with zero attached hydrogens (tertiary/aromatic N) is 2. The summed E-state index contributed by atoms with van der Waals surface area (Å²) < 4.78 is 0.912. The van der Waals surface area contributed by atoms with Gasteiger partial charge in [0.15, 0.2) is 11.6 Å². The molecule has 2 N–H and O–H groups in total. The zero-order valence-electron chi connectivity index (χ0n) is 16.6. The topological polar surface area (TPSA) is 91.5 Å². The molecule has 0 radical (unpaired) electrons. The summed E-state index contributed by atoms with van der Waals surface area (Å²) >= 11 is 3.38. The molecule has 0 amide bonds. The lowest BCUT2D eigenvalue weighted by Crippen LogP contribution is -2.09. The third-order valence-electron chi connectivity index (χ3n) is 5.78. The molecule has 0 aliphatic heterocycles. The minimum absolute atomic E-state index is 0.238. The SMILES string of the molecule is Cc1cnc2[nH]c3c(c2c1)C(=O)CCC3.O=C1CCCc2[nH]c3ncc(Br)cc3c21. The van der Waals surface area contributed by atoms with E-state index in [0.29, 0.717) is 12.8 Å². The highest BCUT2D eigenvalue weighted by Gasteiger charge is 2.23. The van der Waals surface area contributed by atoms with E-state index in [4.69, 9.17) is 0 Å². The fraction of sp³-hybridized carbons (Fsp3) is 0.304. The number of Topliss-reactive ketones (excluding diaryl/α,β-unsaturated/α-hetero) is 2. The lowest BCUT2D eigenvalue weighted by Gasteiger charge is -2.09. The molecular formula is C23H21BrN4O2.